The maximum atomic E-state index is 10.9. The fourth-order valence-corrected chi connectivity index (χ4v) is 2.55. The highest BCUT2D eigenvalue weighted by Crippen LogP contribution is 2.22. The van der Waals surface area contributed by atoms with Crippen molar-refractivity contribution in [3.05, 3.63) is 17.5 Å². The number of rotatable bonds is 6. The van der Waals surface area contributed by atoms with Gasteiger partial charge in [0.15, 0.2) is 5.76 Å². The van der Waals surface area contributed by atoms with Gasteiger partial charge in [0.05, 0.1) is 12.1 Å². The van der Waals surface area contributed by atoms with E-state index in [1.807, 2.05) is 6.07 Å². The van der Waals surface area contributed by atoms with Gasteiger partial charge in [0.1, 0.15) is 6.61 Å². The molecule has 0 bridgehead atoms. The van der Waals surface area contributed by atoms with Crippen molar-refractivity contribution in [2.75, 3.05) is 13.7 Å². The molecule has 1 unspecified atom stereocenters. The fraction of sp³-hybridized carbons (Fsp3) is 0.692. The summed E-state index contributed by atoms with van der Waals surface area (Å²) in [7, 11) is 1.61. The van der Waals surface area contributed by atoms with Crippen LogP contribution < -0.4 is 0 Å². The molecule has 1 aliphatic heterocycles. The molecule has 1 atom stereocenters. The number of methoxy groups -OCH3 is 1. The third kappa shape index (κ3) is 4.04. The van der Waals surface area contributed by atoms with Gasteiger partial charge in [-0.05, 0) is 19.4 Å². The minimum absolute atomic E-state index is 0.105. The van der Waals surface area contributed by atoms with Gasteiger partial charge in [-0.1, -0.05) is 11.6 Å². The molecular weight excluding hydrogens is 248 g/mol. The van der Waals surface area contributed by atoms with Crippen molar-refractivity contribution >= 4 is 5.97 Å². The summed E-state index contributed by atoms with van der Waals surface area (Å²) in [5.41, 5.74) is 0.837. The van der Waals surface area contributed by atoms with E-state index in [-0.39, 0.29) is 12.5 Å². The number of aliphatic carboxylic acids is 1. The van der Waals surface area contributed by atoms with Gasteiger partial charge in [0.2, 0.25) is 0 Å². The molecule has 2 rings (SSSR count). The molecule has 0 spiro atoms. The number of likely N-dealkylation sites (tertiary alicyclic amines) is 1. The largest absolute Gasteiger partial charge is 0.481 e. The van der Waals surface area contributed by atoms with Crippen molar-refractivity contribution in [3.63, 3.8) is 0 Å². The molecule has 0 saturated carbocycles. The summed E-state index contributed by atoms with van der Waals surface area (Å²) < 4.78 is 10.1. The first-order valence-electron chi connectivity index (χ1n) is 6.58. The lowest BCUT2D eigenvalue weighted by atomic mass is 9.99. The molecule has 1 fully saturated rings. The molecule has 0 amide bonds. The minimum atomic E-state index is -0.739. The van der Waals surface area contributed by atoms with Crippen molar-refractivity contribution < 1.29 is 19.2 Å². The Morgan fingerprint density at radius 1 is 1.63 bits per heavy atom. The van der Waals surface area contributed by atoms with Gasteiger partial charge < -0.3 is 14.4 Å². The number of hydrogen-bond acceptors (Lipinski definition) is 5. The number of aromatic nitrogens is 1. The third-order valence-electron chi connectivity index (χ3n) is 3.42. The van der Waals surface area contributed by atoms with Crippen molar-refractivity contribution in [2.24, 2.45) is 0 Å². The summed E-state index contributed by atoms with van der Waals surface area (Å²) in [5.74, 6) is -0.0404. The maximum Gasteiger partial charge on any atom is 0.304 e. The van der Waals surface area contributed by atoms with Gasteiger partial charge in [-0.25, -0.2) is 0 Å². The lowest BCUT2D eigenvalue weighted by Crippen LogP contribution is -2.40. The van der Waals surface area contributed by atoms with E-state index in [1.54, 1.807) is 7.11 Å². The van der Waals surface area contributed by atoms with Crippen molar-refractivity contribution in [2.45, 2.75) is 44.9 Å². The summed E-state index contributed by atoms with van der Waals surface area (Å²) in [6.45, 7) is 1.97. The van der Waals surface area contributed by atoms with E-state index in [9.17, 15) is 4.79 Å². The molecule has 0 radical (unpaired) electrons. The molecule has 19 heavy (non-hydrogen) atoms. The lowest BCUT2D eigenvalue weighted by molar-refractivity contribution is -0.138. The van der Waals surface area contributed by atoms with E-state index in [0.717, 1.165) is 31.5 Å². The maximum absolute atomic E-state index is 10.9. The summed E-state index contributed by atoms with van der Waals surface area (Å²) in [5, 5.41) is 12.9. The molecule has 1 N–H and O–H groups in total. The zero-order valence-corrected chi connectivity index (χ0v) is 11.2. The van der Waals surface area contributed by atoms with Gasteiger partial charge in [-0.2, -0.15) is 0 Å². The Balaban J connectivity index is 1.95. The van der Waals surface area contributed by atoms with Gasteiger partial charge in [-0.3, -0.25) is 9.69 Å². The first-order valence-corrected chi connectivity index (χ1v) is 6.58. The molecule has 2 heterocycles. The molecule has 1 saturated heterocycles. The van der Waals surface area contributed by atoms with Crippen LogP contribution in [0.4, 0.5) is 0 Å². The second kappa shape index (κ2) is 6.68. The van der Waals surface area contributed by atoms with E-state index in [2.05, 4.69) is 10.1 Å². The summed E-state index contributed by atoms with van der Waals surface area (Å²) in [6, 6.07) is 1.98. The third-order valence-corrected chi connectivity index (χ3v) is 3.42. The van der Waals surface area contributed by atoms with Crippen molar-refractivity contribution in [3.8, 4) is 0 Å². The molecule has 0 aromatic carbocycles. The van der Waals surface area contributed by atoms with Crippen LogP contribution in [0.1, 0.15) is 37.1 Å². The van der Waals surface area contributed by atoms with Gasteiger partial charge >= 0.3 is 5.97 Å². The lowest BCUT2D eigenvalue weighted by Gasteiger charge is -2.34. The van der Waals surface area contributed by atoms with Crippen LogP contribution in [0.15, 0.2) is 10.6 Å². The van der Waals surface area contributed by atoms with Crippen LogP contribution in [0, 0.1) is 0 Å². The molecule has 6 heteroatoms. The zero-order chi connectivity index (χ0) is 13.7. The molecular formula is C13H20N2O4. The van der Waals surface area contributed by atoms with Gasteiger partial charge in [0.25, 0.3) is 0 Å². The second-order valence-corrected chi connectivity index (χ2v) is 4.94. The molecule has 0 aliphatic carbocycles. The smallest absolute Gasteiger partial charge is 0.304 e. The quantitative estimate of drug-likeness (QED) is 0.845. The van der Waals surface area contributed by atoms with Crippen molar-refractivity contribution in [1.82, 2.24) is 10.1 Å². The Bertz CT molecular complexity index is 419. The van der Waals surface area contributed by atoms with Crippen LogP contribution in [-0.4, -0.2) is 40.8 Å². The van der Waals surface area contributed by atoms with Crippen LogP contribution in [0.25, 0.3) is 0 Å². The molecule has 1 aromatic heterocycles. The van der Waals surface area contributed by atoms with E-state index in [0.29, 0.717) is 18.9 Å². The topological polar surface area (TPSA) is 75.8 Å². The molecule has 1 aromatic rings. The number of carboxylic acid groups (broad SMARTS) is 1. The van der Waals surface area contributed by atoms with Crippen LogP contribution in [0.5, 0.6) is 0 Å². The molecule has 6 nitrogen and oxygen atoms in total. The first kappa shape index (κ1) is 14.0. The number of carboxylic acids is 1. The minimum Gasteiger partial charge on any atom is -0.481 e. The van der Waals surface area contributed by atoms with Crippen molar-refractivity contribution in [1.29, 1.82) is 0 Å². The summed E-state index contributed by atoms with van der Waals surface area (Å²) in [4.78, 5) is 13.1. The Kier molecular flexibility index (Phi) is 4.93. The fourth-order valence-electron chi connectivity index (χ4n) is 2.55. The first-order chi connectivity index (χ1) is 9.19. The number of hydrogen-bond donors (Lipinski definition) is 1. The highest BCUT2D eigenvalue weighted by molar-refractivity contribution is 5.67. The van der Waals surface area contributed by atoms with Crippen LogP contribution in [0.3, 0.4) is 0 Å². The Labute approximate surface area is 112 Å². The van der Waals surface area contributed by atoms with E-state index >= 15 is 0 Å². The van der Waals surface area contributed by atoms with E-state index in [1.165, 1.54) is 0 Å². The van der Waals surface area contributed by atoms with Crippen LogP contribution in [-0.2, 0) is 22.7 Å². The highest BCUT2D eigenvalue weighted by atomic mass is 16.5. The number of piperidine rings is 1. The van der Waals surface area contributed by atoms with Gasteiger partial charge in [-0.15, -0.1) is 0 Å². The average Bonchev–Trinajstić information content (AvgIpc) is 2.79. The summed E-state index contributed by atoms with van der Waals surface area (Å²) in [6.07, 6.45) is 3.35. The number of carbonyl (C=O) groups is 1. The molecule has 106 valence electrons. The number of ether oxygens (including phenoxy) is 1. The van der Waals surface area contributed by atoms with E-state index < -0.39 is 5.97 Å². The monoisotopic (exact) mass is 268 g/mol. The van der Waals surface area contributed by atoms with Gasteiger partial charge in [0, 0.05) is 25.8 Å². The normalized spacial score (nSPS) is 20.6. The average molecular weight is 268 g/mol. The van der Waals surface area contributed by atoms with Crippen LogP contribution in [0.2, 0.25) is 0 Å². The Morgan fingerprint density at radius 2 is 2.47 bits per heavy atom. The Hall–Kier alpha value is -1.40. The van der Waals surface area contributed by atoms with E-state index in [4.69, 9.17) is 14.4 Å². The second-order valence-electron chi connectivity index (χ2n) is 4.94. The summed E-state index contributed by atoms with van der Waals surface area (Å²) >= 11 is 0. The van der Waals surface area contributed by atoms with Crippen LogP contribution >= 0.6 is 0 Å². The predicted octanol–water partition coefficient (Wildman–Crippen LogP) is 1.65. The Morgan fingerprint density at radius 3 is 3.21 bits per heavy atom. The highest BCUT2D eigenvalue weighted by Gasteiger charge is 2.25. The zero-order valence-electron chi connectivity index (χ0n) is 11.2. The molecule has 1 aliphatic rings. The number of nitrogens with zero attached hydrogens (tertiary/aromatic N) is 2. The standard InChI is InChI=1S/C13H20N2O4/c1-18-9-12-6-10(14-19-12)8-15-5-3-2-4-11(15)7-13(16)17/h6,11H,2-5,7-9H2,1H3,(H,16,17). The SMILES string of the molecule is COCc1cc(CN2CCCCC2CC(=O)O)no1. The predicted molar refractivity (Wildman–Crippen MR) is 67.5 cm³/mol.